The Bertz CT molecular complexity index is 1380. The van der Waals surface area contributed by atoms with Crippen molar-refractivity contribution in [1.29, 1.82) is 0 Å². The third-order valence-corrected chi connectivity index (χ3v) is 6.78. The molecule has 0 aliphatic heterocycles. The van der Waals surface area contributed by atoms with Crippen molar-refractivity contribution in [2.75, 3.05) is 6.54 Å². The number of hydrogen-bond acceptors (Lipinski definition) is 5. The summed E-state index contributed by atoms with van der Waals surface area (Å²) >= 11 is 0. The topological polar surface area (TPSA) is 109 Å². The van der Waals surface area contributed by atoms with E-state index in [1.807, 2.05) is 103 Å². The molecule has 0 unspecified atom stereocenters. The lowest BCUT2D eigenvalue weighted by molar-refractivity contribution is -0.129. The largest absolute Gasteiger partial charge is 0.444 e. The number of aromatic nitrogens is 1. The average molecular weight is 579 g/mol. The van der Waals surface area contributed by atoms with Crippen LogP contribution in [-0.2, 0) is 26.3 Å². The minimum Gasteiger partial charge on any atom is -0.444 e. The van der Waals surface area contributed by atoms with Crippen LogP contribution in [0.15, 0.2) is 116 Å². The van der Waals surface area contributed by atoms with Gasteiger partial charge in [0, 0.05) is 18.9 Å². The number of hydrogen-bond donors (Lipinski definition) is 3. The minimum atomic E-state index is -1.18. The van der Waals surface area contributed by atoms with E-state index in [0.717, 1.165) is 22.3 Å². The van der Waals surface area contributed by atoms with Gasteiger partial charge in [0.1, 0.15) is 17.2 Å². The number of amides is 3. The summed E-state index contributed by atoms with van der Waals surface area (Å²) in [5, 5.41) is 8.71. The second-order valence-corrected chi connectivity index (χ2v) is 11.2. The first kappa shape index (κ1) is 31.0. The van der Waals surface area contributed by atoms with E-state index in [1.165, 1.54) is 0 Å². The molecule has 43 heavy (non-hydrogen) atoms. The van der Waals surface area contributed by atoms with Gasteiger partial charge in [0.15, 0.2) is 0 Å². The van der Waals surface area contributed by atoms with Crippen molar-refractivity contribution in [3.63, 3.8) is 0 Å². The Morgan fingerprint density at radius 3 is 1.77 bits per heavy atom. The molecule has 4 aromatic rings. The molecule has 1 aromatic heterocycles. The maximum Gasteiger partial charge on any atom is 0.408 e. The van der Waals surface area contributed by atoms with Crippen molar-refractivity contribution < 1.29 is 19.1 Å². The zero-order valence-corrected chi connectivity index (χ0v) is 24.7. The number of carbonyl (C=O) groups is 3. The van der Waals surface area contributed by atoms with Crippen molar-refractivity contribution in [2.24, 2.45) is 0 Å². The van der Waals surface area contributed by atoms with Crippen molar-refractivity contribution in [2.45, 2.75) is 50.8 Å². The van der Waals surface area contributed by atoms with E-state index in [0.29, 0.717) is 13.0 Å². The molecule has 3 aromatic carbocycles. The second-order valence-electron chi connectivity index (χ2n) is 11.2. The van der Waals surface area contributed by atoms with E-state index >= 15 is 0 Å². The Kier molecular flexibility index (Phi) is 10.3. The number of pyridine rings is 1. The molecule has 0 aliphatic carbocycles. The van der Waals surface area contributed by atoms with Gasteiger partial charge in [-0.2, -0.15) is 0 Å². The molecule has 0 fully saturated rings. The zero-order valence-electron chi connectivity index (χ0n) is 24.7. The van der Waals surface area contributed by atoms with Crippen LogP contribution in [0.3, 0.4) is 0 Å². The summed E-state index contributed by atoms with van der Waals surface area (Å²) in [5.74, 6) is -0.922. The molecule has 8 heteroatoms. The van der Waals surface area contributed by atoms with Gasteiger partial charge < -0.3 is 20.7 Å². The number of benzene rings is 3. The zero-order chi connectivity index (χ0) is 30.7. The number of carbonyl (C=O) groups excluding carboxylic acids is 3. The summed E-state index contributed by atoms with van der Waals surface area (Å²) in [6.07, 6.45) is 2.86. The van der Waals surface area contributed by atoms with E-state index in [2.05, 4.69) is 20.9 Å². The predicted molar refractivity (Wildman–Crippen MR) is 166 cm³/mol. The first-order valence-corrected chi connectivity index (χ1v) is 14.3. The number of nitrogens with zero attached hydrogens (tertiary/aromatic N) is 1. The third-order valence-electron chi connectivity index (χ3n) is 6.78. The van der Waals surface area contributed by atoms with Crippen LogP contribution >= 0.6 is 0 Å². The quantitative estimate of drug-likeness (QED) is 0.214. The van der Waals surface area contributed by atoms with Gasteiger partial charge in [-0.1, -0.05) is 97.1 Å². The smallest absolute Gasteiger partial charge is 0.408 e. The van der Waals surface area contributed by atoms with Gasteiger partial charge in [-0.25, -0.2) is 4.79 Å². The Morgan fingerprint density at radius 1 is 0.767 bits per heavy atom. The Labute approximate surface area is 252 Å². The lowest BCUT2D eigenvalue weighted by atomic mass is 9.77. The SMILES string of the molecule is CC(C)(C)OC(=O)N[C@H](CC(=O)NC(c1ccccc1)(c1ccccc1)c1ccccc1)C(=O)NCCc1cccnc1. The lowest BCUT2D eigenvalue weighted by Gasteiger charge is -2.37. The highest BCUT2D eigenvalue weighted by molar-refractivity contribution is 5.91. The van der Waals surface area contributed by atoms with Crippen LogP contribution in [0.2, 0.25) is 0 Å². The average Bonchev–Trinajstić information content (AvgIpc) is 3.00. The molecule has 0 aliphatic rings. The van der Waals surface area contributed by atoms with Gasteiger partial charge in [0.05, 0.1) is 6.42 Å². The molecule has 8 nitrogen and oxygen atoms in total. The minimum absolute atomic E-state index is 0.306. The van der Waals surface area contributed by atoms with E-state index in [9.17, 15) is 14.4 Å². The fraction of sp³-hybridized carbons (Fsp3) is 0.257. The van der Waals surface area contributed by atoms with Crippen molar-refractivity contribution in [3.8, 4) is 0 Å². The van der Waals surface area contributed by atoms with Gasteiger partial charge >= 0.3 is 6.09 Å². The highest BCUT2D eigenvalue weighted by Crippen LogP contribution is 2.36. The van der Waals surface area contributed by atoms with Crippen LogP contribution in [0.4, 0.5) is 4.79 Å². The number of nitrogens with one attached hydrogen (secondary N) is 3. The summed E-state index contributed by atoms with van der Waals surface area (Å²) in [5.41, 5.74) is 1.65. The van der Waals surface area contributed by atoms with Crippen molar-refractivity contribution in [3.05, 3.63) is 138 Å². The number of rotatable bonds is 11. The van der Waals surface area contributed by atoms with Gasteiger partial charge in [-0.3, -0.25) is 14.6 Å². The maximum absolute atomic E-state index is 14.0. The molecule has 0 radical (unpaired) electrons. The van der Waals surface area contributed by atoms with Crippen LogP contribution in [-0.4, -0.2) is 41.1 Å². The summed E-state index contributed by atoms with van der Waals surface area (Å²) in [6.45, 7) is 5.50. The first-order valence-electron chi connectivity index (χ1n) is 14.3. The van der Waals surface area contributed by atoms with Crippen LogP contribution in [0.25, 0.3) is 0 Å². The molecule has 3 N–H and O–H groups in total. The summed E-state index contributed by atoms with van der Waals surface area (Å²) in [7, 11) is 0. The standard InChI is InChI=1S/C35H38N4O4/c1-34(2,3)43-33(42)38-30(32(41)37-23-21-26-14-13-22-36-25-26)24-31(40)39-35(27-15-7-4-8-16-27,28-17-9-5-10-18-28)29-19-11-6-12-20-29/h4-20,22,25,30H,21,23-24H2,1-3H3,(H,37,41)(H,38,42)(H,39,40)/t30-/m1/s1. The highest BCUT2D eigenvalue weighted by Gasteiger charge is 2.39. The molecule has 0 saturated carbocycles. The molecular weight excluding hydrogens is 540 g/mol. The molecule has 0 bridgehead atoms. The van der Waals surface area contributed by atoms with E-state index in [1.54, 1.807) is 33.2 Å². The lowest BCUT2D eigenvalue weighted by Crippen LogP contribution is -2.53. The molecule has 1 atom stereocenters. The molecular formula is C35H38N4O4. The molecule has 222 valence electrons. The Hall–Kier alpha value is -4.98. The second kappa shape index (κ2) is 14.3. The molecule has 0 spiro atoms. The normalized spacial score (nSPS) is 12.1. The first-order chi connectivity index (χ1) is 20.7. The maximum atomic E-state index is 14.0. The number of ether oxygens (including phenoxy) is 1. The Balaban J connectivity index is 1.63. The molecule has 1 heterocycles. The van der Waals surface area contributed by atoms with Gasteiger partial charge in [-0.05, 0) is 55.5 Å². The fourth-order valence-corrected chi connectivity index (χ4v) is 4.88. The highest BCUT2D eigenvalue weighted by atomic mass is 16.6. The number of alkyl carbamates (subject to hydrolysis) is 1. The monoisotopic (exact) mass is 578 g/mol. The van der Waals surface area contributed by atoms with Crippen LogP contribution in [0.1, 0.15) is 49.4 Å². The summed E-state index contributed by atoms with van der Waals surface area (Å²) < 4.78 is 5.41. The van der Waals surface area contributed by atoms with Crippen LogP contribution in [0.5, 0.6) is 0 Å². The van der Waals surface area contributed by atoms with Crippen molar-refractivity contribution >= 4 is 17.9 Å². The van der Waals surface area contributed by atoms with Crippen LogP contribution in [0, 0.1) is 0 Å². The molecule has 3 amide bonds. The van der Waals surface area contributed by atoms with Gasteiger partial charge in [0.2, 0.25) is 11.8 Å². The molecule has 4 rings (SSSR count). The fourth-order valence-electron chi connectivity index (χ4n) is 4.88. The van der Waals surface area contributed by atoms with Gasteiger partial charge in [-0.15, -0.1) is 0 Å². The Morgan fingerprint density at radius 2 is 1.30 bits per heavy atom. The van der Waals surface area contributed by atoms with E-state index in [-0.39, 0.29) is 6.42 Å². The summed E-state index contributed by atoms with van der Waals surface area (Å²) in [4.78, 5) is 44.2. The van der Waals surface area contributed by atoms with E-state index < -0.39 is 35.1 Å². The predicted octanol–water partition coefficient (Wildman–Crippen LogP) is 5.13. The van der Waals surface area contributed by atoms with E-state index in [4.69, 9.17) is 4.74 Å². The van der Waals surface area contributed by atoms with Gasteiger partial charge in [0.25, 0.3) is 0 Å². The third kappa shape index (κ3) is 8.52. The van der Waals surface area contributed by atoms with Crippen molar-refractivity contribution in [1.82, 2.24) is 20.9 Å². The summed E-state index contributed by atoms with van der Waals surface area (Å²) in [6, 6.07) is 31.6. The van der Waals surface area contributed by atoms with Crippen LogP contribution < -0.4 is 16.0 Å². The molecule has 0 saturated heterocycles.